The first-order valence-corrected chi connectivity index (χ1v) is 9.13. The fourth-order valence-corrected chi connectivity index (χ4v) is 4.09. The van der Waals surface area contributed by atoms with Crippen molar-refractivity contribution in [3.05, 3.63) is 34.8 Å². The zero-order valence-corrected chi connectivity index (χ0v) is 13.8. The molecule has 1 aliphatic heterocycles. The first-order valence-electron chi connectivity index (χ1n) is 8.25. The van der Waals surface area contributed by atoms with Gasteiger partial charge in [0.15, 0.2) is 0 Å². The van der Waals surface area contributed by atoms with E-state index in [4.69, 9.17) is 0 Å². The molecular formula is C16H21N5OS. The van der Waals surface area contributed by atoms with Crippen LogP contribution < -0.4 is 5.32 Å². The Labute approximate surface area is 139 Å². The fraction of sp³-hybridized carbons (Fsp3) is 0.562. The van der Waals surface area contributed by atoms with Crippen molar-refractivity contribution in [1.29, 1.82) is 0 Å². The smallest absolute Gasteiger partial charge is 0.317 e. The molecule has 1 saturated heterocycles. The van der Waals surface area contributed by atoms with E-state index in [1.54, 1.807) is 17.5 Å². The predicted octanol–water partition coefficient (Wildman–Crippen LogP) is 2.91. The van der Waals surface area contributed by atoms with Crippen LogP contribution in [0.3, 0.4) is 0 Å². The summed E-state index contributed by atoms with van der Waals surface area (Å²) in [7, 11) is 0. The molecule has 1 saturated carbocycles. The van der Waals surface area contributed by atoms with Crippen molar-refractivity contribution >= 4 is 17.4 Å². The molecule has 0 spiro atoms. The molecule has 0 aromatic carbocycles. The van der Waals surface area contributed by atoms with Crippen molar-refractivity contribution in [3.8, 4) is 0 Å². The first-order chi connectivity index (χ1) is 11.3. The molecule has 0 bridgehead atoms. The van der Waals surface area contributed by atoms with Crippen LogP contribution in [0.1, 0.15) is 48.5 Å². The SMILES string of the molecule is O=C(N[C@@H](c1nccs1)C1CC1)N1CCC[C@@H](c2ncc[nH]2)C1. The molecule has 4 rings (SSSR count). The maximum atomic E-state index is 12.7. The number of rotatable bonds is 4. The Hall–Kier alpha value is -1.89. The number of urea groups is 1. The van der Waals surface area contributed by atoms with Gasteiger partial charge in [0.05, 0.1) is 6.04 Å². The van der Waals surface area contributed by atoms with Crippen LogP contribution in [-0.4, -0.2) is 39.0 Å². The van der Waals surface area contributed by atoms with Crippen molar-refractivity contribution in [2.24, 2.45) is 5.92 Å². The van der Waals surface area contributed by atoms with Gasteiger partial charge < -0.3 is 15.2 Å². The van der Waals surface area contributed by atoms with Crippen LogP contribution in [-0.2, 0) is 0 Å². The second kappa shape index (κ2) is 6.31. The molecule has 6 nitrogen and oxygen atoms in total. The Balaban J connectivity index is 1.42. The van der Waals surface area contributed by atoms with Crippen molar-refractivity contribution in [3.63, 3.8) is 0 Å². The molecule has 2 atom stereocenters. The van der Waals surface area contributed by atoms with Gasteiger partial charge in [-0.2, -0.15) is 0 Å². The number of carbonyl (C=O) groups is 1. The Bertz CT molecular complexity index is 637. The monoisotopic (exact) mass is 331 g/mol. The lowest BCUT2D eigenvalue weighted by atomic mass is 9.97. The van der Waals surface area contributed by atoms with Gasteiger partial charge in [-0.15, -0.1) is 11.3 Å². The van der Waals surface area contributed by atoms with Gasteiger partial charge in [-0.25, -0.2) is 14.8 Å². The molecule has 23 heavy (non-hydrogen) atoms. The van der Waals surface area contributed by atoms with Crippen LogP contribution >= 0.6 is 11.3 Å². The zero-order valence-electron chi connectivity index (χ0n) is 12.9. The molecule has 2 aromatic rings. The molecule has 7 heteroatoms. The number of hydrogen-bond donors (Lipinski definition) is 2. The highest BCUT2D eigenvalue weighted by atomic mass is 32.1. The number of likely N-dealkylation sites (tertiary alicyclic amines) is 1. The minimum atomic E-state index is 0.0355. The Kier molecular flexibility index (Phi) is 4.03. The Morgan fingerprint density at radius 2 is 2.26 bits per heavy atom. The zero-order chi connectivity index (χ0) is 15.6. The van der Waals surface area contributed by atoms with E-state index in [-0.39, 0.29) is 12.1 Å². The summed E-state index contributed by atoms with van der Waals surface area (Å²) < 4.78 is 0. The Morgan fingerprint density at radius 1 is 1.35 bits per heavy atom. The molecule has 1 aliphatic carbocycles. The minimum absolute atomic E-state index is 0.0355. The lowest BCUT2D eigenvalue weighted by Crippen LogP contribution is -2.46. The van der Waals surface area contributed by atoms with Crippen LogP contribution in [0.2, 0.25) is 0 Å². The number of hydrogen-bond acceptors (Lipinski definition) is 4. The molecule has 2 fully saturated rings. The molecular weight excluding hydrogens is 310 g/mol. The highest BCUT2D eigenvalue weighted by Gasteiger charge is 2.36. The number of thiazole rings is 1. The van der Waals surface area contributed by atoms with E-state index in [2.05, 4.69) is 20.3 Å². The van der Waals surface area contributed by atoms with Crippen LogP contribution in [0.25, 0.3) is 0 Å². The number of amides is 2. The van der Waals surface area contributed by atoms with Crippen molar-refractivity contribution in [2.45, 2.75) is 37.6 Å². The maximum absolute atomic E-state index is 12.7. The molecule has 122 valence electrons. The topological polar surface area (TPSA) is 73.9 Å². The van der Waals surface area contributed by atoms with Crippen molar-refractivity contribution < 1.29 is 4.79 Å². The molecule has 2 aliphatic rings. The summed E-state index contributed by atoms with van der Waals surface area (Å²) in [5.74, 6) is 1.85. The third-order valence-electron chi connectivity index (χ3n) is 4.70. The fourth-order valence-electron chi connectivity index (χ4n) is 3.31. The molecule has 0 radical (unpaired) electrons. The van der Waals surface area contributed by atoms with Gasteiger partial charge >= 0.3 is 6.03 Å². The van der Waals surface area contributed by atoms with Gasteiger partial charge in [0.2, 0.25) is 0 Å². The highest BCUT2D eigenvalue weighted by Crippen LogP contribution is 2.41. The number of aromatic amines is 1. The molecule has 2 amide bonds. The number of nitrogens with one attached hydrogen (secondary N) is 2. The summed E-state index contributed by atoms with van der Waals surface area (Å²) in [4.78, 5) is 26.6. The van der Waals surface area contributed by atoms with Crippen molar-refractivity contribution in [2.75, 3.05) is 13.1 Å². The second-order valence-electron chi connectivity index (χ2n) is 6.39. The van der Waals surface area contributed by atoms with Gasteiger partial charge in [-0.3, -0.25) is 0 Å². The summed E-state index contributed by atoms with van der Waals surface area (Å²) in [5, 5.41) is 6.23. The third-order valence-corrected chi connectivity index (χ3v) is 5.56. The second-order valence-corrected chi connectivity index (χ2v) is 7.32. The number of H-pyrrole nitrogens is 1. The van der Waals surface area contributed by atoms with Crippen molar-refractivity contribution in [1.82, 2.24) is 25.2 Å². The van der Waals surface area contributed by atoms with E-state index in [0.717, 1.165) is 36.8 Å². The summed E-state index contributed by atoms with van der Waals surface area (Å²) >= 11 is 1.63. The molecule has 2 aromatic heterocycles. The van der Waals surface area contributed by atoms with E-state index in [9.17, 15) is 4.79 Å². The summed E-state index contributed by atoms with van der Waals surface area (Å²) in [6.07, 6.45) is 9.90. The van der Waals surface area contributed by atoms with Crippen LogP contribution in [0.15, 0.2) is 24.0 Å². The lowest BCUT2D eigenvalue weighted by Gasteiger charge is -2.33. The largest absolute Gasteiger partial charge is 0.348 e. The van der Waals surface area contributed by atoms with E-state index in [0.29, 0.717) is 11.8 Å². The summed E-state index contributed by atoms with van der Waals surface area (Å²) in [6, 6.07) is 0.111. The van der Waals surface area contributed by atoms with E-state index in [1.165, 1.54) is 12.8 Å². The van der Waals surface area contributed by atoms with E-state index < -0.39 is 0 Å². The minimum Gasteiger partial charge on any atom is -0.348 e. The standard InChI is InChI=1S/C16H21N5OS/c22-16(20-13(11-3-4-11)15-19-7-9-23-15)21-8-1-2-12(10-21)14-17-5-6-18-14/h5-7,9,11-13H,1-4,8,10H2,(H,17,18)(H,20,22)/t12-,13-/m1/s1. The van der Waals surface area contributed by atoms with Crippen LogP contribution in [0.4, 0.5) is 4.79 Å². The number of piperidine rings is 1. The third kappa shape index (κ3) is 3.24. The van der Waals surface area contributed by atoms with Crippen LogP contribution in [0.5, 0.6) is 0 Å². The lowest BCUT2D eigenvalue weighted by molar-refractivity contribution is 0.173. The number of nitrogens with zero attached hydrogens (tertiary/aromatic N) is 3. The summed E-state index contributed by atoms with van der Waals surface area (Å²) in [6.45, 7) is 1.55. The molecule has 3 heterocycles. The van der Waals surface area contributed by atoms with Gasteiger partial charge in [0.1, 0.15) is 10.8 Å². The number of imidazole rings is 1. The maximum Gasteiger partial charge on any atom is 0.317 e. The Morgan fingerprint density at radius 3 is 2.96 bits per heavy atom. The number of aromatic nitrogens is 3. The first kappa shape index (κ1) is 14.7. The molecule has 0 unspecified atom stereocenters. The normalized spacial score (nSPS) is 22.8. The highest BCUT2D eigenvalue weighted by molar-refractivity contribution is 7.09. The van der Waals surface area contributed by atoms with Gasteiger partial charge in [0, 0.05) is 43.0 Å². The molecule has 2 N–H and O–H groups in total. The van der Waals surface area contributed by atoms with Gasteiger partial charge in [0.25, 0.3) is 0 Å². The van der Waals surface area contributed by atoms with Gasteiger partial charge in [-0.1, -0.05) is 0 Å². The van der Waals surface area contributed by atoms with E-state index >= 15 is 0 Å². The quantitative estimate of drug-likeness (QED) is 0.904. The average molecular weight is 331 g/mol. The van der Waals surface area contributed by atoms with E-state index in [1.807, 2.05) is 22.7 Å². The predicted molar refractivity (Wildman–Crippen MR) is 88.2 cm³/mol. The van der Waals surface area contributed by atoms with Crippen LogP contribution in [0, 0.1) is 5.92 Å². The average Bonchev–Trinajstić information content (AvgIpc) is 3.06. The number of carbonyl (C=O) groups excluding carboxylic acids is 1. The summed E-state index contributed by atoms with van der Waals surface area (Å²) in [5.41, 5.74) is 0. The van der Waals surface area contributed by atoms with Gasteiger partial charge in [-0.05, 0) is 31.6 Å².